The molecule has 0 bridgehead atoms. The van der Waals surface area contributed by atoms with Crippen molar-refractivity contribution in [2.45, 2.75) is 19.0 Å². The van der Waals surface area contributed by atoms with Gasteiger partial charge in [-0.25, -0.2) is 8.42 Å². The number of benzene rings is 2. The van der Waals surface area contributed by atoms with Crippen molar-refractivity contribution in [2.75, 3.05) is 30.5 Å². The fraction of sp³-hybridized carbons (Fsp3) is 0.318. The third-order valence-electron chi connectivity index (χ3n) is 5.03. The highest BCUT2D eigenvalue weighted by Gasteiger charge is 2.34. The summed E-state index contributed by atoms with van der Waals surface area (Å²) in [5.41, 5.74) is 2.89. The summed E-state index contributed by atoms with van der Waals surface area (Å²) in [6, 6.07) is 14.8. The highest BCUT2D eigenvalue weighted by molar-refractivity contribution is 7.91. The number of rotatable bonds is 6. The summed E-state index contributed by atoms with van der Waals surface area (Å²) >= 11 is 5.90. The van der Waals surface area contributed by atoms with Gasteiger partial charge in [-0.05, 0) is 47.9 Å². The van der Waals surface area contributed by atoms with Gasteiger partial charge in [-0.15, -0.1) is 0 Å². The molecule has 1 fully saturated rings. The molecule has 0 radical (unpaired) electrons. The second-order valence-electron chi connectivity index (χ2n) is 7.47. The first-order valence-electron chi connectivity index (χ1n) is 9.44. The van der Waals surface area contributed by atoms with Crippen molar-refractivity contribution in [3.8, 4) is 0 Å². The van der Waals surface area contributed by atoms with E-state index in [4.69, 9.17) is 11.6 Å². The van der Waals surface area contributed by atoms with Crippen LogP contribution >= 0.6 is 11.6 Å². The van der Waals surface area contributed by atoms with Crippen molar-refractivity contribution in [1.29, 1.82) is 0 Å². The monoisotopic (exact) mass is 432 g/mol. The second-order valence-corrected chi connectivity index (χ2v) is 10.1. The zero-order valence-electron chi connectivity index (χ0n) is 16.6. The molecule has 0 N–H and O–H groups in total. The lowest BCUT2D eigenvalue weighted by atomic mass is 10.1. The Morgan fingerprint density at radius 2 is 1.76 bits per heavy atom. The van der Waals surface area contributed by atoms with Gasteiger partial charge in [-0.3, -0.25) is 4.79 Å². The maximum absolute atomic E-state index is 13.0. The Hall–Kier alpha value is -2.31. The number of hydrogen-bond acceptors (Lipinski definition) is 4. The molecule has 2 aromatic carbocycles. The van der Waals surface area contributed by atoms with Crippen LogP contribution in [0.2, 0.25) is 5.02 Å². The van der Waals surface area contributed by atoms with Crippen LogP contribution in [-0.4, -0.2) is 50.9 Å². The van der Waals surface area contributed by atoms with Gasteiger partial charge in [0.1, 0.15) is 0 Å². The molecule has 1 aliphatic rings. The Morgan fingerprint density at radius 3 is 2.31 bits per heavy atom. The van der Waals surface area contributed by atoms with Crippen molar-refractivity contribution in [3.05, 3.63) is 70.8 Å². The van der Waals surface area contributed by atoms with Crippen LogP contribution in [0.5, 0.6) is 0 Å². The predicted molar refractivity (Wildman–Crippen MR) is 119 cm³/mol. The first-order chi connectivity index (χ1) is 13.7. The van der Waals surface area contributed by atoms with E-state index in [1.54, 1.807) is 23.1 Å². The zero-order valence-corrected chi connectivity index (χ0v) is 18.2. The molecular formula is C22H25ClN2O3S. The second kappa shape index (κ2) is 9.01. The number of carbonyl (C=O) groups is 1. The molecule has 0 aliphatic carbocycles. The summed E-state index contributed by atoms with van der Waals surface area (Å²) in [4.78, 5) is 16.6. The van der Waals surface area contributed by atoms with Crippen molar-refractivity contribution < 1.29 is 13.2 Å². The van der Waals surface area contributed by atoms with Gasteiger partial charge in [0.05, 0.1) is 11.5 Å². The molecule has 5 nitrogen and oxygen atoms in total. The Kier molecular flexibility index (Phi) is 6.65. The summed E-state index contributed by atoms with van der Waals surface area (Å²) in [5.74, 6) is -0.0515. The molecule has 1 saturated heterocycles. The molecule has 0 saturated carbocycles. The highest BCUT2D eigenvalue weighted by atomic mass is 35.5. The van der Waals surface area contributed by atoms with Gasteiger partial charge in [0, 0.05) is 43.5 Å². The minimum absolute atomic E-state index is 0.0172. The van der Waals surface area contributed by atoms with Crippen LogP contribution in [0.25, 0.3) is 6.08 Å². The lowest BCUT2D eigenvalue weighted by Gasteiger charge is -2.27. The Bertz CT molecular complexity index is 984. The number of hydrogen-bond donors (Lipinski definition) is 0. The van der Waals surface area contributed by atoms with Crippen molar-refractivity contribution >= 4 is 39.1 Å². The van der Waals surface area contributed by atoms with Crippen molar-refractivity contribution in [1.82, 2.24) is 4.90 Å². The van der Waals surface area contributed by atoms with Gasteiger partial charge in [0.25, 0.3) is 0 Å². The van der Waals surface area contributed by atoms with Crippen LogP contribution < -0.4 is 4.90 Å². The van der Waals surface area contributed by atoms with Gasteiger partial charge in [-0.2, -0.15) is 0 Å². The van der Waals surface area contributed by atoms with Gasteiger partial charge in [-0.1, -0.05) is 35.9 Å². The SMILES string of the molecule is CN(C)c1ccc(CN(C(=O)/C=C/c2ccc(Cl)cc2)C2CCS(=O)(=O)C2)cc1. The maximum atomic E-state index is 13.0. The maximum Gasteiger partial charge on any atom is 0.247 e. The van der Waals surface area contributed by atoms with Gasteiger partial charge >= 0.3 is 0 Å². The van der Waals surface area contributed by atoms with Crippen LogP contribution in [0.1, 0.15) is 17.5 Å². The van der Waals surface area contributed by atoms with Crippen molar-refractivity contribution in [2.24, 2.45) is 0 Å². The van der Waals surface area contributed by atoms with Crippen LogP contribution in [0, 0.1) is 0 Å². The van der Waals surface area contributed by atoms with Crippen LogP contribution in [0.4, 0.5) is 5.69 Å². The summed E-state index contributed by atoms with van der Waals surface area (Å²) in [7, 11) is 0.841. The van der Waals surface area contributed by atoms with E-state index >= 15 is 0 Å². The van der Waals surface area contributed by atoms with E-state index in [2.05, 4.69) is 0 Å². The smallest absolute Gasteiger partial charge is 0.247 e. The quantitative estimate of drug-likeness (QED) is 0.654. The molecule has 7 heteroatoms. The molecule has 1 unspecified atom stereocenters. The minimum Gasteiger partial charge on any atom is -0.378 e. The van der Waals surface area contributed by atoms with E-state index in [1.807, 2.05) is 55.4 Å². The Morgan fingerprint density at radius 1 is 1.10 bits per heavy atom. The molecule has 154 valence electrons. The lowest BCUT2D eigenvalue weighted by Crippen LogP contribution is -2.39. The van der Waals surface area contributed by atoms with Gasteiger partial charge in [0.15, 0.2) is 9.84 Å². The molecule has 1 aliphatic heterocycles. The number of amides is 1. The van der Waals surface area contributed by atoms with Crippen molar-refractivity contribution in [3.63, 3.8) is 0 Å². The molecule has 0 aromatic heterocycles. The zero-order chi connectivity index (χ0) is 21.0. The molecule has 0 spiro atoms. The normalized spacial score (nSPS) is 18.1. The third-order valence-corrected chi connectivity index (χ3v) is 7.03. The van der Waals surface area contributed by atoms with Crippen LogP contribution in [-0.2, 0) is 21.2 Å². The number of nitrogens with zero attached hydrogens (tertiary/aromatic N) is 2. The van der Waals surface area contributed by atoms with Gasteiger partial charge < -0.3 is 9.80 Å². The molecular weight excluding hydrogens is 408 g/mol. The molecule has 29 heavy (non-hydrogen) atoms. The number of carbonyl (C=O) groups excluding carboxylic acids is 1. The average Bonchev–Trinajstić information content (AvgIpc) is 3.05. The summed E-state index contributed by atoms with van der Waals surface area (Å²) in [6.45, 7) is 0.373. The first kappa shape index (κ1) is 21.4. The van der Waals surface area contributed by atoms with E-state index in [-0.39, 0.29) is 23.5 Å². The molecule has 1 heterocycles. The molecule has 1 atom stereocenters. The first-order valence-corrected chi connectivity index (χ1v) is 11.6. The van der Waals surface area contributed by atoms with E-state index < -0.39 is 9.84 Å². The molecule has 1 amide bonds. The van der Waals surface area contributed by atoms with E-state index in [0.717, 1.165) is 16.8 Å². The Labute approximate surface area is 177 Å². The minimum atomic E-state index is -3.10. The molecule has 3 rings (SSSR count). The average molecular weight is 433 g/mol. The standard InChI is InChI=1S/C22H25ClN2O3S/c1-24(2)20-10-5-18(6-11-20)15-25(21-13-14-29(27,28)16-21)22(26)12-7-17-3-8-19(23)9-4-17/h3-12,21H,13-16H2,1-2H3/b12-7+. The number of anilines is 1. The summed E-state index contributed by atoms with van der Waals surface area (Å²) in [6.07, 6.45) is 3.70. The summed E-state index contributed by atoms with van der Waals surface area (Å²) < 4.78 is 24.0. The topological polar surface area (TPSA) is 57.7 Å². The Balaban J connectivity index is 1.80. The number of halogens is 1. The summed E-state index contributed by atoms with van der Waals surface area (Å²) in [5, 5.41) is 0.632. The fourth-order valence-electron chi connectivity index (χ4n) is 3.34. The molecule has 2 aromatic rings. The van der Waals surface area contributed by atoms with E-state index in [0.29, 0.717) is 18.0 Å². The number of sulfone groups is 1. The fourth-order valence-corrected chi connectivity index (χ4v) is 5.20. The third kappa shape index (κ3) is 5.84. The van der Waals surface area contributed by atoms with E-state index in [1.165, 1.54) is 6.08 Å². The highest BCUT2D eigenvalue weighted by Crippen LogP contribution is 2.22. The van der Waals surface area contributed by atoms with Crippen LogP contribution in [0.3, 0.4) is 0 Å². The largest absolute Gasteiger partial charge is 0.378 e. The van der Waals surface area contributed by atoms with Gasteiger partial charge in [0.2, 0.25) is 5.91 Å². The van der Waals surface area contributed by atoms with E-state index in [9.17, 15) is 13.2 Å². The lowest BCUT2D eigenvalue weighted by molar-refractivity contribution is -0.128. The predicted octanol–water partition coefficient (Wildman–Crippen LogP) is 3.64. The van der Waals surface area contributed by atoms with Crippen LogP contribution in [0.15, 0.2) is 54.6 Å².